The highest BCUT2D eigenvalue weighted by molar-refractivity contribution is 9.10. The summed E-state index contributed by atoms with van der Waals surface area (Å²) >= 11 is 3.34. The van der Waals surface area contributed by atoms with Gasteiger partial charge >= 0.3 is 0 Å². The SMILES string of the molecule is CCC1OCCC1CNC(=O)C(C)(C)Br. The van der Waals surface area contributed by atoms with Gasteiger partial charge in [-0.2, -0.15) is 0 Å². The number of hydrogen-bond acceptors (Lipinski definition) is 2. The number of rotatable bonds is 4. The second-order valence-electron chi connectivity index (χ2n) is 4.55. The van der Waals surface area contributed by atoms with Gasteiger partial charge in [-0.1, -0.05) is 22.9 Å². The standard InChI is InChI=1S/C11H20BrNO2/c1-4-9-8(5-6-15-9)7-13-10(14)11(2,3)12/h8-9H,4-7H2,1-3H3,(H,13,14). The molecule has 1 saturated heterocycles. The number of amides is 1. The van der Waals surface area contributed by atoms with E-state index < -0.39 is 4.32 Å². The minimum Gasteiger partial charge on any atom is -0.378 e. The Kier molecular flexibility index (Phi) is 4.59. The van der Waals surface area contributed by atoms with Gasteiger partial charge < -0.3 is 10.1 Å². The van der Waals surface area contributed by atoms with Crippen LogP contribution in [0.5, 0.6) is 0 Å². The highest BCUT2D eigenvalue weighted by atomic mass is 79.9. The van der Waals surface area contributed by atoms with Crippen molar-refractivity contribution in [1.82, 2.24) is 5.32 Å². The maximum atomic E-state index is 11.6. The van der Waals surface area contributed by atoms with Crippen molar-refractivity contribution in [3.8, 4) is 0 Å². The molecule has 4 heteroatoms. The Morgan fingerprint density at radius 1 is 1.60 bits per heavy atom. The molecule has 0 aromatic rings. The fraction of sp³-hybridized carbons (Fsp3) is 0.909. The summed E-state index contributed by atoms with van der Waals surface area (Å²) in [5, 5.41) is 2.96. The molecule has 1 aliphatic rings. The second-order valence-corrected chi connectivity index (χ2v) is 6.53. The molecule has 1 amide bonds. The fourth-order valence-corrected chi connectivity index (χ4v) is 1.95. The lowest BCUT2D eigenvalue weighted by molar-refractivity contribution is -0.122. The number of halogens is 1. The zero-order chi connectivity index (χ0) is 11.5. The maximum absolute atomic E-state index is 11.6. The molecule has 0 bridgehead atoms. The number of alkyl halides is 1. The lowest BCUT2D eigenvalue weighted by atomic mass is 9.99. The molecule has 1 N–H and O–H groups in total. The van der Waals surface area contributed by atoms with E-state index in [-0.39, 0.29) is 5.91 Å². The van der Waals surface area contributed by atoms with E-state index in [1.807, 2.05) is 13.8 Å². The summed E-state index contributed by atoms with van der Waals surface area (Å²) in [5.41, 5.74) is 0. The van der Waals surface area contributed by atoms with Crippen molar-refractivity contribution in [1.29, 1.82) is 0 Å². The smallest absolute Gasteiger partial charge is 0.236 e. The summed E-state index contributed by atoms with van der Waals surface area (Å²) in [6.45, 7) is 7.39. The summed E-state index contributed by atoms with van der Waals surface area (Å²) < 4.78 is 5.09. The van der Waals surface area contributed by atoms with Crippen molar-refractivity contribution in [3.63, 3.8) is 0 Å². The van der Waals surface area contributed by atoms with E-state index in [0.717, 1.165) is 26.0 Å². The third kappa shape index (κ3) is 3.76. The van der Waals surface area contributed by atoms with Crippen LogP contribution in [0, 0.1) is 5.92 Å². The quantitative estimate of drug-likeness (QED) is 0.800. The molecule has 1 rings (SSSR count). The molecule has 3 nitrogen and oxygen atoms in total. The number of nitrogens with one attached hydrogen (secondary N) is 1. The molecule has 1 heterocycles. The first kappa shape index (κ1) is 13.0. The Bertz CT molecular complexity index is 225. The summed E-state index contributed by atoms with van der Waals surface area (Å²) in [7, 11) is 0. The first-order valence-electron chi connectivity index (χ1n) is 5.54. The molecule has 1 aliphatic heterocycles. The van der Waals surface area contributed by atoms with E-state index in [1.165, 1.54) is 0 Å². The van der Waals surface area contributed by atoms with Gasteiger partial charge in [-0.3, -0.25) is 4.79 Å². The van der Waals surface area contributed by atoms with Crippen LogP contribution >= 0.6 is 15.9 Å². The highest BCUT2D eigenvalue weighted by Crippen LogP contribution is 2.23. The highest BCUT2D eigenvalue weighted by Gasteiger charge is 2.29. The predicted octanol–water partition coefficient (Wildman–Crippen LogP) is 2.09. The third-order valence-corrected chi connectivity index (χ3v) is 3.17. The van der Waals surface area contributed by atoms with E-state index in [2.05, 4.69) is 28.2 Å². The van der Waals surface area contributed by atoms with Gasteiger partial charge in [0.25, 0.3) is 0 Å². The van der Waals surface area contributed by atoms with Gasteiger partial charge in [-0.15, -0.1) is 0 Å². The topological polar surface area (TPSA) is 38.3 Å². The fourth-order valence-electron chi connectivity index (χ4n) is 1.81. The normalized spacial score (nSPS) is 26.7. The molecule has 88 valence electrons. The molecule has 0 spiro atoms. The van der Waals surface area contributed by atoms with Crippen LogP contribution in [0.25, 0.3) is 0 Å². The van der Waals surface area contributed by atoms with Crippen LogP contribution in [0.3, 0.4) is 0 Å². The molecule has 0 radical (unpaired) electrons. The molecule has 0 aromatic heterocycles. The van der Waals surface area contributed by atoms with Crippen molar-refractivity contribution in [2.24, 2.45) is 5.92 Å². The minimum atomic E-state index is -0.478. The van der Waals surface area contributed by atoms with E-state index >= 15 is 0 Å². The van der Waals surface area contributed by atoms with Crippen molar-refractivity contribution in [3.05, 3.63) is 0 Å². The van der Waals surface area contributed by atoms with Crippen LogP contribution in [0.2, 0.25) is 0 Å². The number of ether oxygens (including phenoxy) is 1. The predicted molar refractivity (Wildman–Crippen MR) is 64.2 cm³/mol. The molecule has 2 atom stereocenters. The van der Waals surface area contributed by atoms with Crippen LogP contribution < -0.4 is 5.32 Å². The van der Waals surface area contributed by atoms with Crippen molar-refractivity contribution in [2.45, 2.75) is 44.0 Å². The molecule has 1 fully saturated rings. The lowest BCUT2D eigenvalue weighted by Crippen LogP contribution is -2.41. The van der Waals surface area contributed by atoms with Crippen molar-refractivity contribution < 1.29 is 9.53 Å². The molecule has 15 heavy (non-hydrogen) atoms. The van der Waals surface area contributed by atoms with Crippen LogP contribution in [-0.4, -0.2) is 29.5 Å². The minimum absolute atomic E-state index is 0.0456. The first-order chi connectivity index (χ1) is 6.95. The Morgan fingerprint density at radius 3 is 2.80 bits per heavy atom. The average molecular weight is 278 g/mol. The molecule has 0 aliphatic carbocycles. The van der Waals surface area contributed by atoms with Gasteiger partial charge in [0.2, 0.25) is 5.91 Å². The van der Waals surface area contributed by atoms with E-state index in [0.29, 0.717) is 12.0 Å². The Hall–Kier alpha value is -0.0900. The van der Waals surface area contributed by atoms with Crippen molar-refractivity contribution >= 4 is 21.8 Å². The lowest BCUT2D eigenvalue weighted by Gasteiger charge is -2.20. The molecular formula is C11H20BrNO2. The Labute approximate surface area is 100 Å². The zero-order valence-corrected chi connectivity index (χ0v) is 11.3. The van der Waals surface area contributed by atoms with Gasteiger partial charge in [0.1, 0.15) is 0 Å². The van der Waals surface area contributed by atoms with Crippen molar-refractivity contribution in [2.75, 3.05) is 13.2 Å². The Morgan fingerprint density at radius 2 is 2.27 bits per heavy atom. The number of carbonyl (C=O) groups excluding carboxylic acids is 1. The van der Waals surface area contributed by atoms with Crippen LogP contribution in [0.15, 0.2) is 0 Å². The van der Waals surface area contributed by atoms with E-state index in [1.54, 1.807) is 0 Å². The summed E-state index contributed by atoms with van der Waals surface area (Å²) in [6.07, 6.45) is 2.41. The number of hydrogen-bond donors (Lipinski definition) is 1. The van der Waals surface area contributed by atoms with Crippen LogP contribution in [0.1, 0.15) is 33.6 Å². The summed E-state index contributed by atoms with van der Waals surface area (Å²) in [6, 6.07) is 0. The van der Waals surface area contributed by atoms with Gasteiger partial charge in [-0.25, -0.2) is 0 Å². The molecular weight excluding hydrogens is 258 g/mol. The molecule has 0 saturated carbocycles. The van der Waals surface area contributed by atoms with Gasteiger partial charge in [-0.05, 0) is 26.7 Å². The van der Waals surface area contributed by atoms with Crippen LogP contribution in [0.4, 0.5) is 0 Å². The zero-order valence-electron chi connectivity index (χ0n) is 9.68. The maximum Gasteiger partial charge on any atom is 0.236 e. The van der Waals surface area contributed by atoms with Crippen LogP contribution in [-0.2, 0) is 9.53 Å². The largest absolute Gasteiger partial charge is 0.378 e. The van der Waals surface area contributed by atoms with E-state index in [4.69, 9.17) is 4.74 Å². The third-order valence-electron chi connectivity index (χ3n) is 2.81. The summed E-state index contributed by atoms with van der Waals surface area (Å²) in [5.74, 6) is 0.526. The number of carbonyl (C=O) groups is 1. The van der Waals surface area contributed by atoms with Gasteiger partial charge in [0, 0.05) is 19.1 Å². The first-order valence-corrected chi connectivity index (χ1v) is 6.33. The molecule has 0 aromatic carbocycles. The Balaban J connectivity index is 2.34. The van der Waals surface area contributed by atoms with Gasteiger partial charge in [0.05, 0.1) is 10.4 Å². The summed E-state index contributed by atoms with van der Waals surface area (Å²) in [4.78, 5) is 11.6. The second kappa shape index (κ2) is 5.30. The average Bonchev–Trinajstić information content (AvgIpc) is 2.59. The van der Waals surface area contributed by atoms with E-state index in [9.17, 15) is 4.79 Å². The monoisotopic (exact) mass is 277 g/mol. The van der Waals surface area contributed by atoms with Gasteiger partial charge in [0.15, 0.2) is 0 Å². The molecule has 2 unspecified atom stereocenters.